The van der Waals surface area contributed by atoms with Gasteiger partial charge >= 0.3 is 12.0 Å². The van der Waals surface area contributed by atoms with Crippen LogP contribution < -0.4 is 20.3 Å². The van der Waals surface area contributed by atoms with Gasteiger partial charge in [-0.25, -0.2) is 9.59 Å². The van der Waals surface area contributed by atoms with E-state index in [4.69, 9.17) is 9.47 Å². The van der Waals surface area contributed by atoms with E-state index in [-0.39, 0.29) is 18.4 Å². The fourth-order valence-electron chi connectivity index (χ4n) is 3.07. The molecule has 2 aromatic carbocycles. The zero-order chi connectivity index (χ0) is 20.8. The van der Waals surface area contributed by atoms with Crippen molar-refractivity contribution in [3.8, 4) is 5.75 Å². The van der Waals surface area contributed by atoms with E-state index < -0.39 is 12.0 Å². The van der Waals surface area contributed by atoms with E-state index in [9.17, 15) is 14.4 Å². The van der Waals surface area contributed by atoms with Gasteiger partial charge in [0.15, 0.2) is 0 Å². The second kappa shape index (κ2) is 9.09. The Balaban J connectivity index is 1.54. The van der Waals surface area contributed by atoms with Crippen LogP contribution in [0.4, 0.5) is 16.2 Å². The van der Waals surface area contributed by atoms with Crippen LogP contribution in [0, 0.1) is 0 Å². The van der Waals surface area contributed by atoms with Crippen molar-refractivity contribution in [1.29, 1.82) is 0 Å². The van der Waals surface area contributed by atoms with Crippen molar-refractivity contribution >= 4 is 29.3 Å². The van der Waals surface area contributed by atoms with Crippen molar-refractivity contribution in [3.05, 3.63) is 54.1 Å². The Morgan fingerprint density at radius 2 is 1.79 bits per heavy atom. The van der Waals surface area contributed by atoms with E-state index >= 15 is 0 Å². The highest BCUT2D eigenvalue weighted by molar-refractivity contribution is 5.98. The highest BCUT2D eigenvalue weighted by Crippen LogP contribution is 2.24. The molecule has 152 valence electrons. The smallest absolute Gasteiger partial charge is 0.338 e. The number of methoxy groups -OCH3 is 1. The van der Waals surface area contributed by atoms with Gasteiger partial charge in [0.1, 0.15) is 5.75 Å². The largest absolute Gasteiger partial charge is 0.497 e. The minimum Gasteiger partial charge on any atom is -0.497 e. The van der Waals surface area contributed by atoms with Gasteiger partial charge in [0.25, 0.3) is 0 Å². The van der Waals surface area contributed by atoms with E-state index in [1.807, 2.05) is 12.1 Å². The number of benzene rings is 2. The number of hydrogen-bond donors (Lipinski definition) is 2. The highest BCUT2D eigenvalue weighted by Gasteiger charge is 2.31. The normalized spacial score (nSPS) is 15.7. The maximum Gasteiger partial charge on any atom is 0.338 e. The second-order valence-corrected chi connectivity index (χ2v) is 6.50. The molecule has 1 atom stereocenters. The monoisotopic (exact) mass is 397 g/mol. The van der Waals surface area contributed by atoms with Gasteiger partial charge in [-0.2, -0.15) is 0 Å². The summed E-state index contributed by atoms with van der Waals surface area (Å²) >= 11 is 0. The molecule has 0 aromatic heterocycles. The summed E-state index contributed by atoms with van der Waals surface area (Å²) in [6, 6.07) is 12.9. The van der Waals surface area contributed by atoms with Crippen molar-refractivity contribution in [1.82, 2.24) is 5.32 Å². The molecule has 0 unspecified atom stereocenters. The molecule has 0 saturated carbocycles. The fourth-order valence-corrected chi connectivity index (χ4v) is 3.07. The number of ether oxygens (including phenoxy) is 2. The standard InChI is InChI=1S/C21H23N3O5/c1-3-29-20(26)14-4-6-15(7-5-14)22-21(27)23-16-12-19(25)24(13-16)17-8-10-18(28-2)11-9-17/h4-11,16H,3,12-13H2,1-2H3,(H2,22,23,27)/t16-/m0/s1. The number of rotatable bonds is 6. The Kier molecular flexibility index (Phi) is 6.33. The van der Waals surface area contributed by atoms with Gasteiger partial charge in [-0.3, -0.25) is 4.79 Å². The van der Waals surface area contributed by atoms with Crippen LogP contribution in [-0.2, 0) is 9.53 Å². The van der Waals surface area contributed by atoms with Gasteiger partial charge in [-0.15, -0.1) is 0 Å². The molecule has 0 bridgehead atoms. The number of hydrogen-bond acceptors (Lipinski definition) is 5. The average molecular weight is 397 g/mol. The lowest BCUT2D eigenvalue weighted by atomic mass is 10.2. The Hall–Kier alpha value is -3.55. The lowest BCUT2D eigenvalue weighted by Gasteiger charge is -2.18. The van der Waals surface area contributed by atoms with Crippen LogP contribution in [0.15, 0.2) is 48.5 Å². The van der Waals surface area contributed by atoms with Gasteiger partial charge in [-0.1, -0.05) is 0 Å². The van der Waals surface area contributed by atoms with Gasteiger partial charge in [-0.05, 0) is 55.5 Å². The topological polar surface area (TPSA) is 97.0 Å². The third kappa shape index (κ3) is 5.04. The second-order valence-electron chi connectivity index (χ2n) is 6.50. The molecule has 1 fully saturated rings. The van der Waals surface area contributed by atoms with Gasteiger partial charge in [0, 0.05) is 24.3 Å². The molecule has 0 radical (unpaired) electrons. The molecule has 8 heteroatoms. The number of amides is 3. The van der Waals surface area contributed by atoms with Crippen molar-refractivity contribution in [2.24, 2.45) is 0 Å². The first-order valence-electron chi connectivity index (χ1n) is 9.29. The van der Waals surface area contributed by atoms with Crippen LogP contribution >= 0.6 is 0 Å². The summed E-state index contributed by atoms with van der Waals surface area (Å²) in [6.07, 6.45) is 0.223. The Morgan fingerprint density at radius 1 is 1.10 bits per heavy atom. The molecule has 0 aliphatic carbocycles. The molecule has 1 aliphatic rings. The number of carbonyl (C=O) groups is 3. The number of anilines is 2. The minimum absolute atomic E-state index is 0.0562. The van der Waals surface area contributed by atoms with E-state index in [1.165, 1.54) is 0 Å². The summed E-state index contributed by atoms with van der Waals surface area (Å²) in [4.78, 5) is 37.9. The molecule has 3 amide bonds. The molecule has 2 aromatic rings. The number of carbonyl (C=O) groups excluding carboxylic acids is 3. The SMILES string of the molecule is CCOC(=O)c1ccc(NC(=O)N[C@H]2CC(=O)N(c3ccc(OC)cc3)C2)cc1. The van der Waals surface area contributed by atoms with Crippen LogP contribution in [0.25, 0.3) is 0 Å². The lowest BCUT2D eigenvalue weighted by Crippen LogP contribution is -2.39. The first-order chi connectivity index (χ1) is 14.0. The first kappa shape index (κ1) is 20.2. The summed E-state index contributed by atoms with van der Waals surface area (Å²) in [7, 11) is 1.58. The number of nitrogens with zero attached hydrogens (tertiary/aromatic N) is 1. The number of urea groups is 1. The van der Waals surface area contributed by atoms with Crippen molar-refractivity contribution in [3.63, 3.8) is 0 Å². The molecule has 1 saturated heterocycles. The number of esters is 1. The van der Waals surface area contributed by atoms with E-state index in [1.54, 1.807) is 55.3 Å². The Bertz CT molecular complexity index is 880. The Labute approximate surface area is 168 Å². The Morgan fingerprint density at radius 3 is 2.41 bits per heavy atom. The van der Waals surface area contributed by atoms with Crippen LogP contribution in [0.1, 0.15) is 23.7 Å². The van der Waals surface area contributed by atoms with Gasteiger partial charge in [0.05, 0.1) is 25.3 Å². The van der Waals surface area contributed by atoms with E-state index in [2.05, 4.69) is 10.6 Å². The number of nitrogens with one attached hydrogen (secondary N) is 2. The molecule has 2 N–H and O–H groups in total. The quantitative estimate of drug-likeness (QED) is 0.731. The molecule has 29 heavy (non-hydrogen) atoms. The van der Waals surface area contributed by atoms with Gasteiger partial charge in [0.2, 0.25) is 5.91 Å². The summed E-state index contributed by atoms with van der Waals surface area (Å²) in [5.74, 6) is 0.245. The van der Waals surface area contributed by atoms with Crippen LogP contribution in [-0.4, -0.2) is 44.2 Å². The van der Waals surface area contributed by atoms with Crippen molar-refractivity contribution < 1.29 is 23.9 Å². The van der Waals surface area contributed by atoms with Crippen LogP contribution in [0.3, 0.4) is 0 Å². The fraction of sp³-hybridized carbons (Fsp3) is 0.286. The molecule has 8 nitrogen and oxygen atoms in total. The lowest BCUT2D eigenvalue weighted by molar-refractivity contribution is -0.117. The highest BCUT2D eigenvalue weighted by atomic mass is 16.5. The third-order valence-electron chi connectivity index (χ3n) is 4.50. The average Bonchev–Trinajstić information content (AvgIpc) is 3.08. The summed E-state index contributed by atoms with van der Waals surface area (Å²) in [5, 5.41) is 5.51. The summed E-state index contributed by atoms with van der Waals surface area (Å²) < 4.78 is 10.1. The predicted octanol–water partition coefficient (Wildman–Crippen LogP) is 2.80. The molecule has 0 spiro atoms. The van der Waals surface area contributed by atoms with Gasteiger partial charge < -0.3 is 25.0 Å². The molecule has 1 heterocycles. The molecule has 1 aliphatic heterocycles. The first-order valence-corrected chi connectivity index (χ1v) is 9.29. The predicted molar refractivity (Wildman–Crippen MR) is 108 cm³/mol. The summed E-state index contributed by atoms with van der Waals surface area (Å²) in [6.45, 7) is 2.43. The maximum absolute atomic E-state index is 12.3. The third-order valence-corrected chi connectivity index (χ3v) is 4.50. The zero-order valence-electron chi connectivity index (χ0n) is 16.3. The molecule has 3 rings (SSSR count). The molecular formula is C21H23N3O5. The zero-order valence-corrected chi connectivity index (χ0v) is 16.3. The van der Waals surface area contributed by atoms with E-state index in [0.29, 0.717) is 30.2 Å². The minimum atomic E-state index is -0.414. The molecular weight excluding hydrogens is 374 g/mol. The van der Waals surface area contributed by atoms with Crippen LogP contribution in [0.2, 0.25) is 0 Å². The van der Waals surface area contributed by atoms with E-state index in [0.717, 1.165) is 5.69 Å². The van der Waals surface area contributed by atoms with Crippen LogP contribution in [0.5, 0.6) is 5.75 Å². The van der Waals surface area contributed by atoms with Crippen molar-refractivity contribution in [2.45, 2.75) is 19.4 Å². The maximum atomic E-state index is 12.3. The van der Waals surface area contributed by atoms with Crippen molar-refractivity contribution in [2.75, 3.05) is 30.5 Å². The summed E-state index contributed by atoms with van der Waals surface area (Å²) in [5.41, 5.74) is 1.70.